The third-order valence-electron chi connectivity index (χ3n) is 3.70. The lowest BCUT2D eigenvalue weighted by molar-refractivity contribution is -0.0709. The van der Waals surface area contributed by atoms with Crippen LogP contribution < -0.4 is 5.32 Å². The van der Waals surface area contributed by atoms with Crippen molar-refractivity contribution in [2.45, 2.75) is 44.8 Å². The molecule has 0 spiro atoms. The minimum absolute atomic E-state index is 0.0715. The second kappa shape index (κ2) is 5.63. The highest BCUT2D eigenvalue weighted by Gasteiger charge is 2.32. The number of hydrogen-bond donors (Lipinski definition) is 1. The molecule has 2 unspecified atom stereocenters. The van der Waals surface area contributed by atoms with Gasteiger partial charge in [0.1, 0.15) is 5.82 Å². The van der Waals surface area contributed by atoms with Crippen LogP contribution in [-0.2, 0) is 4.74 Å². The van der Waals surface area contributed by atoms with Gasteiger partial charge in [0.2, 0.25) is 0 Å². The van der Waals surface area contributed by atoms with Crippen molar-refractivity contribution in [2.75, 3.05) is 11.9 Å². The number of ether oxygens (including phenoxy) is 1. The van der Waals surface area contributed by atoms with Crippen LogP contribution in [0.1, 0.15) is 33.1 Å². The van der Waals surface area contributed by atoms with E-state index < -0.39 is 11.6 Å². The number of benzene rings is 1. The van der Waals surface area contributed by atoms with Gasteiger partial charge in [-0.2, -0.15) is 0 Å². The fourth-order valence-electron chi connectivity index (χ4n) is 2.38. The molecule has 0 amide bonds. The molecule has 0 radical (unpaired) electrons. The summed E-state index contributed by atoms with van der Waals surface area (Å²) in [6, 6.07) is 2.04. The van der Waals surface area contributed by atoms with Gasteiger partial charge in [-0.15, -0.1) is 0 Å². The van der Waals surface area contributed by atoms with Gasteiger partial charge in [-0.3, -0.25) is 0 Å². The monoisotopic (exact) mass is 289 g/mol. The van der Waals surface area contributed by atoms with E-state index in [9.17, 15) is 8.78 Å². The van der Waals surface area contributed by atoms with E-state index in [-0.39, 0.29) is 22.4 Å². The molecule has 1 fully saturated rings. The Morgan fingerprint density at radius 1 is 1.47 bits per heavy atom. The minimum atomic E-state index is -0.668. The topological polar surface area (TPSA) is 21.3 Å². The standard InChI is InChI=1S/C14H18ClF2NO/c1-3-14(2)8-10(4-5-19-14)18-13-11(15)6-9(16)7-12(13)17/h6-7,10,18H,3-5,8H2,1-2H3. The Morgan fingerprint density at radius 2 is 2.21 bits per heavy atom. The molecular formula is C14H18ClF2NO. The normalized spacial score (nSPS) is 27.3. The van der Waals surface area contributed by atoms with Crippen molar-refractivity contribution in [1.29, 1.82) is 0 Å². The third kappa shape index (κ3) is 3.37. The van der Waals surface area contributed by atoms with Crippen LogP contribution in [0.25, 0.3) is 0 Å². The van der Waals surface area contributed by atoms with E-state index in [0.29, 0.717) is 6.61 Å². The van der Waals surface area contributed by atoms with E-state index in [4.69, 9.17) is 16.3 Å². The molecular weight excluding hydrogens is 272 g/mol. The maximum absolute atomic E-state index is 13.7. The summed E-state index contributed by atoms with van der Waals surface area (Å²) in [5.74, 6) is -1.33. The summed E-state index contributed by atoms with van der Waals surface area (Å²) in [4.78, 5) is 0. The molecule has 0 saturated carbocycles. The van der Waals surface area contributed by atoms with Crippen LogP contribution in [0, 0.1) is 11.6 Å². The molecule has 1 N–H and O–H groups in total. The highest BCUT2D eigenvalue weighted by Crippen LogP contribution is 2.32. The first-order chi connectivity index (χ1) is 8.93. The van der Waals surface area contributed by atoms with Gasteiger partial charge < -0.3 is 10.1 Å². The van der Waals surface area contributed by atoms with Gasteiger partial charge in [0.05, 0.1) is 16.3 Å². The van der Waals surface area contributed by atoms with Crippen LogP contribution in [0.2, 0.25) is 5.02 Å². The number of anilines is 1. The Morgan fingerprint density at radius 3 is 2.84 bits per heavy atom. The molecule has 0 bridgehead atoms. The lowest BCUT2D eigenvalue weighted by atomic mass is 9.90. The zero-order valence-electron chi connectivity index (χ0n) is 11.1. The second-order valence-electron chi connectivity index (χ2n) is 5.23. The van der Waals surface area contributed by atoms with E-state index in [1.54, 1.807) is 0 Å². The molecule has 0 aromatic heterocycles. The van der Waals surface area contributed by atoms with Gasteiger partial charge in [0.25, 0.3) is 0 Å². The molecule has 5 heteroatoms. The molecule has 106 valence electrons. The second-order valence-corrected chi connectivity index (χ2v) is 5.64. The quantitative estimate of drug-likeness (QED) is 0.892. The summed E-state index contributed by atoms with van der Waals surface area (Å²) in [5.41, 5.74) is -0.0211. The van der Waals surface area contributed by atoms with Crippen molar-refractivity contribution >= 4 is 17.3 Å². The van der Waals surface area contributed by atoms with E-state index in [0.717, 1.165) is 31.4 Å². The fraction of sp³-hybridized carbons (Fsp3) is 0.571. The molecule has 1 aliphatic heterocycles. The van der Waals surface area contributed by atoms with Crippen LogP contribution in [0.3, 0.4) is 0 Å². The van der Waals surface area contributed by atoms with Gasteiger partial charge in [0.15, 0.2) is 5.82 Å². The van der Waals surface area contributed by atoms with E-state index >= 15 is 0 Å². The van der Waals surface area contributed by atoms with Gasteiger partial charge in [0, 0.05) is 18.7 Å². The van der Waals surface area contributed by atoms with Gasteiger partial charge in [-0.25, -0.2) is 8.78 Å². The SMILES string of the molecule is CCC1(C)CC(Nc2c(F)cc(F)cc2Cl)CCO1. The average Bonchev–Trinajstić information content (AvgIpc) is 2.34. The molecule has 2 rings (SSSR count). The Bertz CT molecular complexity index is 446. The van der Waals surface area contributed by atoms with Crippen molar-refractivity contribution in [3.63, 3.8) is 0 Å². The molecule has 19 heavy (non-hydrogen) atoms. The van der Waals surface area contributed by atoms with E-state index in [1.165, 1.54) is 0 Å². The zero-order valence-corrected chi connectivity index (χ0v) is 11.9. The first-order valence-electron chi connectivity index (χ1n) is 6.48. The molecule has 1 saturated heterocycles. The number of hydrogen-bond acceptors (Lipinski definition) is 2. The third-order valence-corrected chi connectivity index (χ3v) is 4.00. The van der Waals surface area contributed by atoms with E-state index in [1.807, 2.05) is 6.92 Å². The summed E-state index contributed by atoms with van der Waals surface area (Å²) >= 11 is 5.89. The Labute approximate surface area is 117 Å². The predicted molar refractivity (Wildman–Crippen MR) is 72.7 cm³/mol. The Balaban J connectivity index is 2.13. The lowest BCUT2D eigenvalue weighted by Crippen LogP contribution is -2.42. The van der Waals surface area contributed by atoms with Crippen molar-refractivity contribution in [1.82, 2.24) is 0 Å². The molecule has 2 atom stereocenters. The summed E-state index contributed by atoms with van der Waals surface area (Å²) < 4.78 is 32.5. The zero-order chi connectivity index (χ0) is 14.0. The minimum Gasteiger partial charge on any atom is -0.379 e. The summed E-state index contributed by atoms with van der Waals surface area (Å²) in [5, 5.41) is 3.15. The van der Waals surface area contributed by atoms with Crippen molar-refractivity contribution < 1.29 is 13.5 Å². The highest BCUT2D eigenvalue weighted by atomic mass is 35.5. The Hall–Kier alpha value is -0.870. The molecule has 1 aromatic rings. The lowest BCUT2D eigenvalue weighted by Gasteiger charge is -2.38. The number of nitrogens with one attached hydrogen (secondary N) is 1. The van der Waals surface area contributed by atoms with Crippen molar-refractivity contribution in [2.24, 2.45) is 0 Å². The molecule has 1 aromatic carbocycles. The van der Waals surface area contributed by atoms with Crippen molar-refractivity contribution in [3.05, 3.63) is 28.8 Å². The van der Waals surface area contributed by atoms with Crippen LogP contribution in [0.4, 0.5) is 14.5 Å². The summed E-state index contributed by atoms with van der Waals surface area (Å²) in [7, 11) is 0. The smallest absolute Gasteiger partial charge is 0.150 e. The molecule has 1 aliphatic rings. The highest BCUT2D eigenvalue weighted by molar-refractivity contribution is 6.33. The van der Waals surface area contributed by atoms with Crippen LogP contribution in [0.15, 0.2) is 12.1 Å². The van der Waals surface area contributed by atoms with Gasteiger partial charge in [-0.1, -0.05) is 18.5 Å². The predicted octanol–water partition coefficient (Wildman–Crippen LogP) is 4.38. The van der Waals surface area contributed by atoms with Crippen LogP contribution in [-0.4, -0.2) is 18.2 Å². The summed E-state index contributed by atoms with van der Waals surface area (Å²) in [6.07, 6.45) is 2.45. The van der Waals surface area contributed by atoms with Crippen LogP contribution >= 0.6 is 11.6 Å². The van der Waals surface area contributed by atoms with E-state index in [2.05, 4.69) is 12.2 Å². The fourth-order valence-corrected chi connectivity index (χ4v) is 2.63. The number of halogens is 3. The first-order valence-corrected chi connectivity index (χ1v) is 6.86. The molecule has 2 nitrogen and oxygen atoms in total. The first kappa shape index (κ1) is 14.5. The summed E-state index contributed by atoms with van der Waals surface area (Å²) in [6.45, 7) is 4.74. The van der Waals surface area contributed by atoms with Gasteiger partial charge in [-0.05, 0) is 32.3 Å². The maximum atomic E-state index is 13.7. The number of rotatable bonds is 3. The molecule has 1 heterocycles. The Kier molecular flexibility index (Phi) is 4.31. The maximum Gasteiger partial charge on any atom is 0.150 e. The molecule has 0 aliphatic carbocycles. The van der Waals surface area contributed by atoms with Crippen LogP contribution in [0.5, 0.6) is 0 Å². The van der Waals surface area contributed by atoms with Crippen molar-refractivity contribution in [3.8, 4) is 0 Å². The van der Waals surface area contributed by atoms with Gasteiger partial charge >= 0.3 is 0 Å². The average molecular weight is 290 g/mol. The largest absolute Gasteiger partial charge is 0.379 e.